The van der Waals surface area contributed by atoms with Crippen LogP contribution in [0.3, 0.4) is 0 Å². The van der Waals surface area contributed by atoms with Gasteiger partial charge in [0.2, 0.25) is 0 Å². The quantitative estimate of drug-likeness (QED) is 0.106. The van der Waals surface area contributed by atoms with E-state index >= 15 is 0 Å². The minimum absolute atomic E-state index is 0.0813. The van der Waals surface area contributed by atoms with Crippen LogP contribution in [0.5, 0.6) is 0 Å². The van der Waals surface area contributed by atoms with Gasteiger partial charge in [0.25, 0.3) is 11.4 Å². The molecule has 2 fully saturated rings. The van der Waals surface area contributed by atoms with Crippen LogP contribution < -0.4 is 5.73 Å². The number of nitrogens with one attached hydrogen (secondary N) is 1. The molecule has 2 aliphatic rings. The van der Waals surface area contributed by atoms with E-state index in [0.717, 1.165) is 12.4 Å². The van der Waals surface area contributed by atoms with E-state index in [1.807, 2.05) is 0 Å². The summed E-state index contributed by atoms with van der Waals surface area (Å²) in [6, 6.07) is 0. The molecule has 0 spiro atoms. The first-order valence-corrected chi connectivity index (χ1v) is 12.8. The third-order valence-corrected chi connectivity index (χ3v) is 7.32. The predicted octanol–water partition coefficient (Wildman–Crippen LogP) is -5.36. The Kier molecular flexibility index (Phi) is 7.91. The molecule has 3 rings (SSSR count). The Labute approximate surface area is 195 Å². The normalized spacial score (nSPS) is 36.9. The number of aliphatic hydroxyl groups excluding tert-OH is 5. The SMILES string of the molecule is NC(O)[C@H]1OC(N(C(=O)c2ncc[nH]2)C2O[C@H](CO)[C@@H](O)[C@H]2OP(=O)(O)O)(P(=O)(O)O)[C@H](O)[C@@H]1O. The highest BCUT2D eigenvalue weighted by atomic mass is 31.2. The molecule has 1 aromatic rings. The lowest BCUT2D eigenvalue weighted by molar-refractivity contribution is -0.197. The number of H-pyrrole nitrogens is 1. The summed E-state index contributed by atoms with van der Waals surface area (Å²) in [4.78, 5) is 58.3. The van der Waals surface area contributed by atoms with E-state index < -0.39 is 88.3 Å². The second-order valence-electron chi connectivity index (χ2n) is 7.62. The number of phosphoric ester groups is 1. The average Bonchev–Trinajstić information content (AvgIpc) is 3.43. The van der Waals surface area contributed by atoms with E-state index in [1.54, 1.807) is 0 Å². The number of aliphatic hydroxyl groups is 5. The topological polar surface area (TPSA) is 319 Å². The molecule has 0 aromatic carbocycles. The van der Waals surface area contributed by atoms with Crippen molar-refractivity contribution in [3.63, 3.8) is 0 Å². The number of carbonyl (C=O) groups excluding carboxylic acids is 1. The Bertz CT molecular complexity index is 1000. The molecule has 1 amide bonds. The maximum atomic E-state index is 13.4. The van der Waals surface area contributed by atoms with Gasteiger partial charge < -0.3 is 65.3 Å². The first-order chi connectivity index (χ1) is 16.1. The van der Waals surface area contributed by atoms with Crippen LogP contribution in [0.4, 0.5) is 0 Å². The molecule has 0 bridgehead atoms. The van der Waals surface area contributed by atoms with Crippen molar-refractivity contribution in [2.75, 3.05) is 6.61 Å². The molecule has 0 aliphatic carbocycles. The van der Waals surface area contributed by atoms with Gasteiger partial charge in [0.15, 0.2) is 12.1 Å². The van der Waals surface area contributed by atoms with E-state index in [4.69, 9.17) is 15.2 Å². The number of nitrogens with two attached hydrogens (primary N) is 1. The Hall–Kier alpha value is -1.38. The summed E-state index contributed by atoms with van der Waals surface area (Å²) < 4.78 is 39.2. The minimum atomic E-state index is -6.01. The fourth-order valence-corrected chi connectivity index (χ4v) is 5.67. The van der Waals surface area contributed by atoms with Crippen LogP contribution in [0.1, 0.15) is 10.6 Å². The zero-order valence-electron chi connectivity index (χ0n) is 17.3. The van der Waals surface area contributed by atoms with Gasteiger partial charge in [-0.15, -0.1) is 0 Å². The van der Waals surface area contributed by atoms with E-state index in [-0.39, 0.29) is 4.90 Å². The maximum absolute atomic E-state index is 13.4. The molecule has 0 saturated carbocycles. The summed E-state index contributed by atoms with van der Waals surface area (Å²) in [5, 5.41) is 50.7. The summed E-state index contributed by atoms with van der Waals surface area (Å²) in [6.45, 7) is -1.03. The summed E-state index contributed by atoms with van der Waals surface area (Å²) in [7, 11) is -11.5. The number of hydrogen-bond donors (Lipinski definition) is 11. The summed E-state index contributed by atoms with van der Waals surface area (Å²) in [5.41, 5.74) is 1.64. The third kappa shape index (κ3) is 4.95. The molecule has 200 valence electrons. The zero-order chi connectivity index (χ0) is 26.5. The van der Waals surface area contributed by atoms with Crippen LogP contribution >= 0.6 is 15.4 Å². The molecule has 21 heteroatoms. The molecule has 3 heterocycles. The predicted molar refractivity (Wildman–Crippen MR) is 105 cm³/mol. The molecule has 2 aliphatic heterocycles. The lowest BCUT2D eigenvalue weighted by atomic mass is 10.1. The van der Waals surface area contributed by atoms with Crippen molar-refractivity contribution in [3.8, 4) is 0 Å². The van der Waals surface area contributed by atoms with Crippen molar-refractivity contribution in [1.29, 1.82) is 0 Å². The fraction of sp³-hybridized carbons (Fsp3) is 0.714. The smallest absolute Gasteiger partial charge is 0.394 e. The lowest BCUT2D eigenvalue weighted by Gasteiger charge is -2.45. The number of aromatic amines is 1. The Balaban J connectivity index is 2.27. The number of hydrogen-bond acceptors (Lipinski definition) is 13. The van der Waals surface area contributed by atoms with Crippen LogP contribution in [-0.2, 0) is 23.1 Å². The summed E-state index contributed by atoms with van der Waals surface area (Å²) in [6.07, 6.45) is -15.7. The molecule has 19 nitrogen and oxygen atoms in total. The van der Waals surface area contributed by atoms with Crippen LogP contribution in [0.2, 0.25) is 0 Å². The minimum Gasteiger partial charge on any atom is -0.394 e. The number of aromatic nitrogens is 2. The standard InChI is InChI=1S/C14H24N4O15P2/c15-10(23)7-6(21)9(22)14(32-7,34(25,26)27)18(12(24)11-16-1-2-17-11)13-8(33-35(28,29)30)5(20)4(3-19)31-13/h1-2,4-10,13,19-23H,3,15H2,(H,16,17)(H2,25,26,27)(H2,28,29,30)/t4-,5-,6-,7+,8-,9-,10?,13?,14?/m1/s1. The van der Waals surface area contributed by atoms with Crippen molar-refractivity contribution in [1.82, 2.24) is 14.9 Å². The first kappa shape index (κ1) is 28.2. The highest BCUT2D eigenvalue weighted by molar-refractivity contribution is 7.53. The van der Waals surface area contributed by atoms with E-state index in [1.165, 1.54) is 0 Å². The lowest BCUT2D eigenvalue weighted by Crippen LogP contribution is -2.64. The van der Waals surface area contributed by atoms with Gasteiger partial charge in [0.05, 0.1) is 6.61 Å². The van der Waals surface area contributed by atoms with Gasteiger partial charge in [-0.2, -0.15) is 0 Å². The fourth-order valence-electron chi connectivity index (χ4n) is 3.88. The number of nitrogens with zero attached hydrogens (tertiary/aromatic N) is 2. The Morgan fingerprint density at radius 1 is 1.26 bits per heavy atom. The molecule has 0 radical (unpaired) electrons. The maximum Gasteiger partial charge on any atom is 0.470 e. The summed E-state index contributed by atoms with van der Waals surface area (Å²) >= 11 is 0. The van der Waals surface area contributed by atoms with Crippen LogP contribution in [0, 0.1) is 0 Å². The Morgan fingerprint density at radius 2 is 1.89 bits per heavy atom. The average molecular weight is 550 g/mol. The highest BCUT2D eigenvalue weighted by Gasteiger charge is 2.72. The molecule has 12 N–H and O–H groups in total. The number of amides is 1. The van der Waals surface area contributed by atoms with Crippen molar-refractivity contribution in [2.24, 2.45) is 5.73 Å². The van der Waals surface area contributed by atoms with Gasteiger partial charge in [-0.1, -0.05) is 0 Å². The molecule has 3 unspecified atom stereocenters. The summed E-state index contributed by atoms with van der Waals surface area (Å²) in [5.74, 6) is -2.23. The van der Waals surface area contributed by atoms with Gasteiger partial charge >= 0.3 is 15.4 Å². The van der Waals surface area contributed by atoms with Crippen LogP contribution in [-0.4, -0.2) is 127 Å². The second-order valence-corrected chi connectivity index (χ2v) is 10.5. The van der Waals surface area contributed by atoms with Crippen LogP contribution in [0.25, 0.3) is 0 Å². The first-order valence-electron chi connectivity index (χ1n) is 9.61. The van der Waals surface area contributed by atoms with Crippen molar-refractivity contribution < 1.29 is 73.0 Å². The number of imidazole rings is 1. The molecule has 9 atom stereocenters. The number of phosphoric acid groups is 1. The molecular weight excluding hydrogens is 526 g/mol. The van der Waals surface area contributed by atoms with E-state index in [9.17, 15) is 59.0 Å². The second kappa shape index (κ2) is 9.82. The molecule has 35 heavy (non-hydrogen) atoms. The largest absolute Gasteiger partial charge is 0.470 e. The van der Waals surface area contributed by atoms with Crippen LogP contribution in [0.15, 0.2) is 12.4 Å². The molecular formula is C14H24N4O15P2. The van der Waals surface area contributed by atoms with Gasteiger partial charge in [-0.3, -0.25) is 18.8 Å². The third-order valence-electron chi connectivity index (χ3n) is 5.38. The van der Waals surface area contributed by atoms with Gasteiger partial charge in [0, 0.05) is 12.4 Å². The highest BCUT2D eigenvalue weighted by Crippen LogP contribution is 2.61. The van der Waals surface area contributed by atoms with Gasteiger partial charge in [-0.25, -0.2) is 9.55 Å². The number of ether oxygens (including phenoxy) is 2. The Morgan fingerprint density at radius 3 is 2.31 bits per heavy atom. The molecule has 1 aromatic heterocycles. The van der Waals surface area contributed by atoms with Gasteiger partial charge in [-0.05, 0) is 0 Å². The zero-order valence-corrected chi connectivity index (χ0v) is 19.1. The van der Waals surface area contributed by atoms with E-state index in [0.29, 0.717) is 0 Å². The number of carbonyl (C=O) groups is 1. The van der Waals surface area contributed by atoms with Crippen molar-refractivity contribution in [3.05, 3.63) is 18.2 Å². The number of rotatable bonds is 8. The van der Waals surface area contributed by atoms with Crippen molar-refractivity contribution >= 4 is 21.3 Å². The monoisotopic (exact) mass is 550 g/mol. The van der Waals surface area contributed by atoms with Crippen molar-refractivity contribution in [2.45, 2.75) is 54.5 Å². The molecule has 2 saturated heterocycles. The van der Waals surface area contributed by atoms with E-state index in [2.05, 4.69) is 14.5 Å². The van der Waals surface area contributed by atoms with Gasteiger partial charge in [0.1, 0.15) is 42.9 Å².